The van der Waals surface area contributed by atoms with Crippen molar-refractivity contribution < 1.29 is 17.9 Å². The number of methoxy groups -OCH3 is 1. The lowest BCUT2D eigenvalue weighted by Crippen LogP contribution is -2.12. The van der Waals surface area contributed by atoms with Gasteiger partial charge in [0.25, 0.3) is 0 Å². The van der Waals surface area contributed by atoms with Crippen molar-refractivity contribution in [1.82, 2.24) is 0 Å². The van der Waals surface area contributed by atoms with Gasteiger partial charge in [0.05, 0.1) is 7.11 Å². The molecule has 0 fully saturated rings. The monoisotopic (exact) mass is 253 g/mol. The topological polar surface area (TPSA) is 35.2 Å². The third kappa shape index (κ3) is 4.40. The summed E-state index contributed by atoms with van der Waals surface area (Å²) in [5.41, 5.74) is 5.78. The van der Waals surface area contributed by atoms with E-state index < -0.39 is 12.6 Å². The number of alkyl halides is 3. The molecule has 1 atom stereocenters. The molecule has 1 aromatic heterocycles. The summed E-state index contributed by atoms with van der Waals surface area (Å²) in [6.07, 6.45) is -4.47. The average molecular weight is 253 g/mol. The van der Waals surface area contributed by atoms with E-state index >= 15 is 0 Å². The van der Waals surface area contributed by atoms with E-state index in [2.05, 4.69) is 0 Å². The Morgan fingerprint density at radius 3 is 2.69 bits per heavy atom. The van der Waals surface area contributed by atoms with Gasteiger partial charge in [-0.15, -0.1) is 11.3 Å². The quantitative estimate of drug-likeness (QED) is 0.871. The molecule has 2 N–H and O–H groups in total. The Balaban J connectivity index is 2.37. The zero-order valence-electron chi connectivity index (χ0n) is 8.88. The van der Waals surface area contributed by atoms with Gasteiger partial charge < -0.3 is 10.5 Å². The first-order chi connectivity index (χ1) is 7.42. The van der Waals surface area contributed by atoms with E-state index in [1.54, 1.807) is 18.6 Å². The molecule has 0 aliphatic heterocycles. The van der Waals surface area contributed by atoms with E-state index in [0.717, 1.165) is 4.88 Å². The van der Waals surface area contributed by atoms with Crippen LogP contribution >= 0.6 is 11.3 Å². The number of thiophene rings is 1. The number of hydrogen-bond acceptors (Lipinski definition) is 3. The van der Waals surface area contributed by atoms with Crippen LogP contribution in [0.2, 0.25) is 0 Å². The van der Waals surface area contributed by atoms with Crippen LogP contribution in [0.1, 0.15) is 30.2 Å². The lowest BCUT2D eigenvalue weighted by molar-refractivity contribution is -0.135. The third-order valence-corrected chi connectivity index (χ3v) is 3.22. The minimum atomic E-state index is -4.09. The zero-order chi connectivity index (χ0) is 12.2. The number of ether oxygens (including phenoxy) is 1. The van der Waals surface area contributed by atoms with Gasteiger partial charge in [0.15, 0.2) is 0 Å². The standard InChI is InChI=1S/C10H14F3NOS/c1-15-7-5-9(16-6-7)8(14)3-2-4-10(11,12)13/h5-6,8H,2-4,14H2,1H3. The van der Waals surface area contributed by atoms with Gasteiger partial charge in [-0.1, -0.05) is 0 Å². The van der Waals surface area contributed by atoms with Gasteiger partial charge in [-0.3, -0.25) is 0 Å². The van der Waals surface area contributed by atoms with Crippen LogP contribution in [-0.4, -0.2) is 13.3 Å². The molecule has 0 amide bonds. The lowest BCUT2D eigenvalue weighted by Gasteiger charge is -2.10. The van der Waals surface area contributed by atoms with E-state index in [1.165, 1.54) is 11.3 Å². The van der Waals surface area contributed by atoms with Crippen molar-refractivity contribution in [3.05, 3.63) is 16.3 Å². The molecular formula is C10H14F3NOS. The molecule has 0 saturated heterocycles. The Labute approximate surface area is 96.2 Å². The minimum absolute atomic E-state index is 0.0604. The summed E-state index contributed by atoms with van der Waals surface area (Å²) in [6, 6.07) is 1.43. The predicted molar refractivity (Wildman–Crippen MR) is 57.7 cm³/mol. The van der Waals surface area contributed by atoms with Crippen LogP contribution in [0.3, 0.4) is 0 Å². The number of nitrogens with two attached hydrogens (primary N) is 1. The van der Waals surface area contributed by atoms with Crippen LogP contribution < -0.4 is 10.5 Å². The van der Waals surface area contributed by atoms with E-state index in [0.29, 0.717) is 12.2 Å². The summed E-state index contributed by atoms with van der Waals surface area (Å²) in [7, 11) is 1.54. The molecule has 16 heavy (non-hydrogen) atoms. The fourth-order valence-corrected chi connectivity index (χ4v) is 2.19. The lowest BCUT2D eigenvalue weighted by atomic mass is 10.1. The summed E-state index contributed by atoms with van der Waals surface area (Å²) in [6.45, 7) is 0. The molecular weight excluding hydrogens is 239 g/mol. The number of rotatable bonds is 5. The van der Waals surface area contributed by atoms with E-state index in [-0.39, 0.29) is 12.5 Å². The van der Waals surface area contributed by atoms with Crippen molar-refractivity contribution in [3.63, 3.8) is 0 Å². The van der Waals surface area contributed by atoms with Gasteiger partial charge in [0.2, 0.25) is 0 Å². The first kappa shape index (κ1) is 13.3. The van der Waals surface area contributed by atoms with Gasteiger partial charge in [-0.25, -0.2) is 0 Å². The van der Waals surface area contributed by atoms with Crippen LogP contribution in [0.15, 0.2) is 11.4 Å². The zero-order valence-corrected chi connectivity index (χ0v) is 9.70. The van der Waals surface area contributed by atoms with Crippen LogP contribution in [0.4, 0.5) is 13.2 Å². The number of hydrogen-bond donors (Lipinski definition) is 1. The normalized spacial score (nSPS) is 13.8. The van der Waals surface area contributed by atoms with E-state index in [1.807, 2.05) is 0 Å². The van der Waals surface area contributed by atoms with Crippen LogP contribution in [0.5, 0.6) is 5.75 Å². The maximum atomic E-state index is 11.9. The third-order valence-electron chi connectivity index (χ3n) is 2.17. The molecule has 92 valence electrons. The van der Waals surface area contributed by atoms with Crippen molar-refractivity contribution >= 4 is 11.3 Å². The maximum absolute atomic E-state index is 11.9. The summed E-state index contributed by atoms with van der Waals surface area (Å²) in [5, 5.41) is 1.79. The second kappa shape index (κ2) is 5.54. The van der Waals surface area contributed by atoms with Gasteiger partial charge >= 0.3 is 6.18 Å². The summed E-state index contributed by atoms with van der Waals surface area (Å²) in [4.78, 5) is 0.860. The van der Waals surface area contributed by atoms with Crippen LogP contribution in [0.25, 0.3) is 0 Å². The first-order valence-electron chi connectivity index (χ1n) is 4.87. The van der Waals surface area contributed by atoms with Crippen molar-refractivity contribution in [3.8, 4) is 5.75 Å². The SMILES string of the molecule is COc1csc(C(N)CCCC(F)(F)F)c1. The van der Waals surface area contributed by atoms with Gasteiger partial charge in [0.1, 0.15) is 5.75 Å². The predicted octanol–water partition coefficient (Wildman–Crippen LogP) is 3.49. The minimum Gasteiger partial charge on any atom is -0.496 e. The van der Waals surface area contributed by atoms with E-state index in [4.69, 9.17) is 10.5 Å². The molecule has 1 heterocycles. The fraction of sp³-hybridized carbons (Fsp3) is 0.600. The Morgan fingerprint density at radius 1 is 1.50 bits per heavy atom. The largest absolute Gasteiger partial charge is 0.496 e. The fourth-order valence-electron chi connectivity index (χ4n) is 1.30. The van der Waals surface area contributed by atoms with Crippen molar-refractivity contribution in [1.29, 1.82) is 0 Å². The van der Waals surface area contributed by atoms with Crippen LogP contribution in [-0.2, 0) is 0 Å². The molecule has 0 saturated carbocycles. The smallest absolute Gasteiger partial charge is 0.389 e. The highest BCUT2D eigenvalue weighted by Gasteiger charge is 2.26. The Kier molecular flexibility index (Phi) is 4.61. The highest BCUT2D eigenvalue weighted by atomic mass is 32.1. The second-order valence-electron chi connectivity index (χ2n) is 3.50. The van der Waals surface area contributed by atoms with Gasteiger partial charge in [-0.2, -0.15) is 13.2 Å². The number of halogens is 3. The van der Waals surface area contributed by atoms with E-state index in [9.17, 15) is 13.2 Å². The van der Waals surface area contributed by atoms with Crippen molar-refractivity contribution in [2.45, 2.75) is 31.5 Å². The summed E-state index contributed by atoms with van der Waals surface area (Å²) < 4.78 is 40.7. The highest BCUT2D eigenvalue weighted by molar-refractivity contribution is 7.10. The molecule has 2 nitrogen and oxygen atoms in total. The highest BCUT2D eigenvalue weighted by Crippen LogP contribution is 2.30. The van der Waals surface area contributed by atoms with Crippen molar-refractivity contribution in [2.24, 2.45) is 5.73 Å². The van der Waals surface area contributed by atoms with Crippen LogP contribution in [0, 0.1) is 0 Å². The molecule has 0 aromatic carbocycles. The summed E-state index contributed by atoms with van der Waals surface area (Å²) >= 11 is 1.41. The molecule has 0 aliphatic carbocycles. The van der Waals surface area contributed by atoms with Gasteiger partial charge in [0, 0.05) is 22.7 Å². The molecule has 0 spiro atoms. The second-order valence-corrected chi connectivity index (χ2v) is 4.45. The average Bonchev–Trinajstić information content (AvgIpc) is 2.63. The molecule has 1 aromatic rings. The Morgan fingerprint density at radius 2 is 2.19 bits per heavy atom. The maximum Gasteiger partial charge on any atom is 0.389 e. The van der Waals surface area contributed by atoms with Gasteiger partial charge in [-0.05, 0) is 18.9 Å². The van der Waals surface area contributed by atoms with Crippen molar-refractivity contribution in [2.75, 3.05) is 7.11 Å². The molecule has 0 aliphatic rings. The molecule has 0 bridgehead atoms. The molecule has 0 radical (unpaired) electrons. The first-order valence-corrected chi connectivity index (χ1v) is 5.75. The molecule has 6 heteroatoms. The summed E-state index contributed by atoms with van der Waals surface area (Å²) in [5.74, 6) is 0.700. The molecule has 1 unspecified atom stereocenters. The molecule has 1 rings (SSSR count). The Hall–Kier alpha value is -0.750. The Bertz CT molecular complexity index is 324.